The van der Waals surface area contributed by atoms with Crippen molar-refractivity contribution in [2.45, 2.75) is 43.9 Å². The van der Waals surface area contributed by atoms with Gasteiger partial charge in [-0.2, -0.15) is 0 Å². The highest BCUT2D eigenvalue weighted by Crippen LogP contribution is 2.30. The summed E-state index contributed by atoms with van der Waals surface area (Å²) in [7, 11) is -3.67. The van der Waals surface area contributed by atoms with Gasteiger partial charge in [0.2, 0.25) is 21.8 Å². The van der Waals surface area contributed by atoms with Crippen LogP contribution in [0.4, 0.5) is 5.69 Å². The Hall–Kier alpha value is -2.91. The summed E-state index contributed by atoms with van der Waals surface area (Å²) in [5, 5.41) is 0. The molecule has 4 rings (SSSR count). The number of fused-ring (bicyclic) bond motifs is 1. The highest BCUT2D eigenvalue weighted by molar-refractivity contribution is 7.89. The molecule has 1 saturated heterocycles. The lowest BCUT2D eigenvalue weighted by Gasteiger charge is -2.17. The number of ether oxygens (including phenoxy) is 1. The van der Waals surface area contributed by atoms with Gasteiger partial charge in [-0.3, -0.25) is 9.59 Å². The van der Waals surface area contributed by atoms with E-state index in [2.05, 4.69) is 4.72 Å². The van der Waals surface area contributed by atoms with E-state index >= 15 is 0 Å². The molecule has 8 nitrogen and oxygen atoms in total. The Labute approximate surface area is 207 Å². The molecule has 9 heteroatoms. The molecule has 2 aromatic carbocycles. The zero-order chi connectivity index (χ0) is 24.8. The molecule has 0 radical (unpaired) electrons. The molecular weight excluding hydrogens is 466 g/mol. The maximum atomic E-state index is 12.7. The number of nitrogens with one attached hydrogen (secondary N) is 1. The van der Waals surface area contributed by atoms with Crippen molar-refractivity contribution in [3.63, 3.8) is 0 Å². The lowest BCUT2D eigenvalue weighted by atomic mass is 10.1. The number of sulfonamides is 1. The fraction of sp³-hybridized carbons (Fsp3) is 0.462. The number of hydrogen-bond donors (Lipinski definition) is 1. The van der Waals surface area contributed by atoms with E-state index in [-0.39, 0.29) is 23.3 Å². The average molecular weight is 500 g/mol. The second kappa shape index (κ2) is 11.2. The maximum absolute atomic E-state index is 12.7. The number of hydrogen-bond acceptors (Lipinski definition) is 5. The topological polar surface area (TPSA) is 96.0 Å². The first kappa shape index (κ1) is 25.2. The van der Waals surface area contributed by atoms with E-state index in [1.807, 2.05) is 35.2 Å². The van der Waals surface area contributed by atoms with Gasteiger partial charge in [-0.15, -0.1) is 0 Å². The van der Waals surface area contributed by atoms with E-state index in [1.54, 1.807) is 17.0 Å². The van der Waals surface area contributed by atoms with E-state index < -0.39 is 10.0 Å². The normalized spacial score (nSPS) is 17.5. The number of carbonyl (C=O) groups is 2. The molecule has 0 saturated carbocycles. The third kappa shape index (κ3) is 6.41. The molecule has 1 atom stereocenters. The zero-order valence-corrected chi connectivity index (χ0v) is 20.9. The molecule has 188 valence electrons. The molecule has 1 unspecified atom stereocenters. The van der Waals surface area contributed by atoms with Crippen LogP contribution in [0.25, 0.3) is 0 Å². The minimum atomic E-state index is -3.67. The van der Waals surface area contributed by atoms with Crippen LogP contribution < -0.4 is 14.4 Å². The third-order valence-electron chi connectivity index (χ3n) is 6.67. The third-order valence-corrected chi connectivity index (χ3v) is 8.13. The van der Waals surface area contributed by atoms with Crippen LogP contribution in [0.5, 0.6) is 5.75 Å². The lowest BCUT2D eigenvalue weighted by Crippen LogP contribution is -2.30. The Balaban J connectivity index is 1.17. The molecule has 1 N–H and O–H groups in total. The molecule has 2 aromatic rings. The number of benzene rings is 2. The summed E-state index contributed by atoms with van der Waals surface area (Å²) in [6.07, 6.45) is 3.27. The number of carbonyl (C=O) groups excluding carboxylic acids is 2. The SMILES string of the molecule is CC(=O)N1CCc2cc(S(=O)(=O)NCCCC(=O)N3CCC(CCOc4ccccc4)C3)ccc21. The maximum Gasteiger partial charge on any atom is 0.240 e. The standard InChI is InChI=1S/C26H33N3O5S/c1-20(30)29-16-12-22-18-24(9-10-25(22)29)35(32,33)27-14-5-8-26(31)28-15-11-21(19-28)13-17-34-23-6-3-2-4-7-23/h2-4,6-7,9-10,18,21,27H,5,8,11-17,19H2,1H3. The minimum absolute atomic E-state index is 0.0491. The monoisotopic (exact) mass is 499 g/mol. The van der Waals surface area contributed by atoms with Gasteiger partial charge in [0, 0.05) is 45.2 Å². The molecular formula is C26H33N3O5S. The number of para-hydroxylation sites is 1. The van der Waals surface area contributed by atoms with E-state index in [0.717, 1.165) is 42.9 Å². The van der Waals surface area contributed by atoms with Crippen molar-refractivity contribution in [3.05, 3.63) is 54.1 Å². The van der Waals surface area contributed by atoms with Crippen LogP contribution in [0.15, 0.2) is 53.4 Å². The summed E-state index contributed by atoms with van der Waals surface area (Å²) in [4.78, 5) is 28.0. The van der Waals surface area contributed by atoms with Crippen molar-refractivity contribution in [3.8, 4) is 5.75 Å². The van der Waals surface area contributed by atoms with Crippen LogP contribution in [-0.4, -0.2) is 57.9 Å². The van der Waals surface area contributed by atoms with Gasteiger partial charge < -0.3 is 14.5 Å². The average Bonchev–Trinajstić information content (AvgIpc) is 3.49. The van der Waals surface area contributed by atoms with Gasteiger partial charge in [-0.05, 0) is 67.5 Å². The number of anilines is 1. The van der Waals surface area contributed by atoms with Crippen molar-refractivity contribution < 1.29 is 22.7 Å². The van der Waals surface area contributed by atoms with E-state index in [0.29, 0.717) is 38.3 Å². The largest absolute Gasteiger partial charge is 0.494 e. The Bertz CT molecular complexity index is 1150. The van der Waals surface area contributed by atoms with E-state index in [1.165, 1.54) is 13.0 Å². The van der Waals surface area contributed by atoms with Gasteiger partial charge in [-0.25, -0.2) is 13.1 Å². The van der Waals surface area contributed by atoms with Crippen LogP contribution in [0.2, 0.25) is 0 Å². The van der Waals surface area contributed by atoms with Crippen molar-refractivity contribution in [1.29, 1.82) is 0 Å². The Morgan fingerprint density at radius 1 is 1.11 bits per heavy atom. The molecule has 0 spiro atoms. The van der Waals surface area contributed by atoms with Gasteiger partial charge in [0.1, 0.15) is 5.75 Å². The summed E-state index contributed by atoms with van der Waals surface area (Å²) >= 11 is 0. The fourth-order valence-electron chi connectivity index (χ4n) is 4.71. The molecule has 2 heterocycles. The van der Waals surface area contributed by atoms with Crippen LogP contribution in [0.3, 0.4) is 0 Å². The summed E-state index contributed by atoms with van der Waals surface area (Å²) in [5.74, 6) is 1.31. The molecule has 35 heavy (non-hydrogen) atoms. The van der Waals surface area contributed by atoms with Gasteiger partial charge in [0.05, 0.1) is 11.5 Å². The summed E-state index contributed by atoms with van der Waals surface area (Å²) < 4.78 is 33.8. The van der Waals surface area contributed by atoms with Gasteiger partial charge in [0.15, 0.2) is 0 Å². The van der Waals surface area contributed by atoms with Gasteiger partial charge in [-0.1, -0.05) is 18.2 Å². The lowest BCUT2D eigenvalue weighted by molar-refractivity contribution is -0.130. The zero-order valence-electron chi connectivity index (χ0n) is 20.1. The highest BCUT2D eigenvalue weighted by atomic mass is 32.2. The molecule has 2 aliphatic rings. The summed E-state index contributed by atoms with van der Waals surface area (Å²) in [6.45, 7) is 4.38. The molecule has 0 aliphatic carbocycles. The highest BCUT2D eigenvalue weighted by Gasteiger charge is 2.27. The second-order valence-corrected chi connectivity index (χ2v) is 10.9. The van der Waals surface area contributed by atoms with Crippen LogP contribution in [0, 0.1) is 5.92 Å². The Morgan fingerprint density at radius 2 is 1.91 bits per heavy atom. The molecule has 1 fully saturated rings. The first-order valence-electron chi connectivity index (χ1n) is 12.2. The quantitative estimate of drug-likeness (QED) is 0.507. The van der Waals surface area contributed by atoms with Crippen molar-refractivity contribution in [1.82, 2.24) is 9.62 Å². The Kier molecular flexibility index (Phi) is 8.07. The smallest absolute Gasteiger partial charge is 0.240 e. The number of amides is 2. The van der Waals surface area contributed by atoms with Crippen molar-refractivity contribution in [2.24, 2.45) is 5.92 Å². The fourth-order valence-corrected chi connectivity index (χ4v) is 5.84. The molecule has 2 aliphatic heterocycles. The van der Waals surface area contributed by atoms with Crippen LogP contribution in [0.1, 0.15) is 38.2 Å². The van der Waals surface area contributed by atoms with Crippen molar-refractivity contribution in [2.75, 3.05) is 37.7 Å². The first-order valence-corrected chi connectivity index (χ1v) is 13.7. The van der Waals surface area contributed by atoms with E-state index in [9.17, 15) is 18.0 Å². The second-order valence-electron chi connectivity index (χ2n) is 9.16. The van der Waals surface area contributed by atoms with Gasteiger partial charge in [0.25, 0.3) is 0 Å². The van der Waals surface area contributed by atoms with Gasteiger partial charge >= 0.3 is 0 Å². The minimum Gasteiger partial charge on any atom is -0.494 e. The number of rotatable bonds is 10. The molecule has 0 aromatic heterocycles. The van der Waals surface area contributed by atoms with Crippen molar-refractivity contribution >= 4 is 27.5 Å². The predicted molar refractivity (Wildman–Crippen MR) is 134 cm³/mol. The Morgan fingerprint density at radius 3 is 2.69 bits per heavy atom. The summed E-state index contributed by atoms with van der Waals surface area (Å²) in [6, 6.07) is 14.6. The molecule has 0 bridgehead atoms. The van der Waals surface area contributed by atoms with E-state index in [4.69, 9.17) is 4.74 Å². The number of nitrogens with zero attached hydrogens (tertiary/aromatic N) is 2. The van der Waals surface area contributed by atoms with Crippen LogP contribution >= 0.6 is 0 Å². The van der Waals surface area contributed by atoms with Crippen LogP contribution in [-0.2, 0) is 26.0 Å². The summed E-state index contributed by atoms with van der Waals surface area (Å²) in [5.41, 5.74) is 1.63. The first-order chi connectivity index (χ1) is 16.8. The molecule has 2 amide bonds. The predicted octanol–water partition coefficient (Wildman–Crippen LogP) is 2.97. The number of likely N-dealkylation sites (tertiary alicyclic amines) is 1.